The van der Waals surface area contributed by atoms with E-state index >= 15 is 0 Å². The number of hydrogen-bond donors (Lipinski definition) is 0. The minimum atomic E-state index is 0.512. The molecule has 0 heterocycles. The number of halogens is 1. The van der Waals surface area contributed by atoms with Crippen LogP contribution >= 0.6 is 35.6 Å². The third kappa shape index (κ3) is 3.48. The number of aryl methyl sites for hydroxylation is 1. The van der Waals surface area contributed by atoms with E-state index in [0.29, 0.717) is 11.0 Å². The average Bonchev–Trinajstić information content (AvgIpc) is 2.10. The summed E-state index contributed by atoms with van der Waals surface area (Å²) < 4.78 is 5.68. The van der Waals surface area contributed by atoms with Gasteiger partial charge in [0, 0.05) is 4.90 Å². The molecular formula is C10H11ClOS2. The highest BCUT2D eigenvalue weighted by Crippen LogP contribution is 2.29. The van der Waals surface area contributed by atoms with Crippen molar-refractivity contribution in [2.24, 2.45) is 0 Å². The molecule has 0 fully saturated rings. The predicted molar refractivity (Wildman–Crippen MR) is 66.3 cm³/mol. The molecule has 1 rings (SSSR count). The van der Waals surface area contributed by atoms with Gasteiger partial charge in [-0.25, -0.2) is 0 Å². The monoisotopic (exact) mass is 246 g/mol. The fourth-order valence-electron chi connectivity index (χ4n) is 0.926. The Morgan fingerprint density at radius 1 is 1.57 bits per heavy atom. The second kappa shape index (κ2) is 5.59. The topological polar surface area (TPSA) is 9.23 Å². The van der Waals surface area contributed by atoms with Crippen molar-refractivity contribution >= 4 is 40.0 Å². The summed E-state index contributed by atoms with van der Waals surface area (Å²) in [5.41, 5.74) is 1.14. The molecule has 4 heteroatoms. The average molecular weight is 247 g/mol. The van der Waals surface area contributed by atoms with Gasteiger partial charge in [-0.1, -0.05) is 17.7 Å². The summed E-state index contributed by atoms with van der Waals surface area (Å²) in [6.07, 6.45) is 0. The largest absolute Gasteiger partial charge is 0.479 e. The summed E-state index contributed by atoms with van der Waals surface area (Å²) in [5.74, 6) is 0. The first-order chi connectivity index (χ1) is 6.63. The molecule has 14 heavy (non-hydrogen) atoms. The lowest BCUT2D eigenvalue weighted by molar-refractivity contribution is 0.346. The minimum Gasteiger partial charge on any atom is -0.479 e. The molecule has 1 aromatic carbocycles. The predicted octanol–water partition coefficient (Wildman–Crippen LogP) is 4.06. The molecule has 0 N–H and O–H groups in total. The van der Waals surface area contributed by atoms with Crippen LogP contribution in [-0.4, -0.2) is 11.0 Å². The van der Waals surface area contributed by atoms with E-state index in [0.717, 1.165) is 15.5 Å². The fraction of sp³-hybridized carbons (Fsp3) is 0.300. The Hall–Kier alpha value is -0.250. The molecule has 0 amide bonds. The van der Waals surface area contributed by atoms with Gasteiger partial charge in [0.25, 0.3) is 0 Å². The number of thiocarbonyl (C=S) groups is 1. The lowest BCUT2D eigenvalue weighted by atomic mass is 10.2. The van der Waals surface area contributed by atoms with Crippen LogP contribution in [0.5, 0.6) is 0 Å². The second-order valence-electron chi connectivity index (χ2n) is 2.72. The molecule has 0 atom stereocenters. The number of hydrogen-bond acceptors (Lipinski definition) is 3. The zero-order valence-electron chi connectivity index (χ0n) is 8.04. The minimum absolute atomic E-state index is 0.512. The van der Waals surface area contributed by atoms with Gasteiger partial charge in [0.15, 0.2) is 0 Å². The van der Waals surface area contributed by atoms with Gasteiger partial charge in [-0.15, -0.1) is 0 Å². The molecule has 0 saturated heterocycles. The van der Waals surface area contributed by atoms with Crippen LogP contribution in [0.1, 0.15) is 12.5 Å². The molecule has 0 aliphatic heterocycles. The molecular weight excluding hydrogens is 236 g/mol. The summed E-state index contributed by atoms with van der Waals surface area (Å²) in [6.45, 7) is 4.50. The van der Waals surface area contributed by atoms with E-state index in [1.807, 2.05) is 32.0 Å². The third-order valence-electron chi connectivity index (χ3n) is 1.54. The van der Waals surface area contributed by atoms with Gasteiger partial charge in [0.2, 0.25) is 4.38 Å². The van der Waals surface area contributed by atoms with E-state index in [2.05, 4.69) is 0 Å². The number of thioether (sulfide) groups is 1. The van der Waals surface area contributed by atoms with Crippen molar-refractivity contribution in [3.63, 3.8) is 0 Å². The van der Waals surface area contributed by atoms with Crippen LogP contribution in [0.15, 0.2) is 23.1 Å². The summed E-state index contributed by atoms with van der Waals surface area (Å²) in [5, 5.41) is 0.719. The van der Waals surface area contributed by atoms with Crippen molar-refractivity contribution in [3.8, 4) is 0 Å². The highest BCUT2D eigenvalue weighted by Gasteiger charge is 2.05. The maximum atomic E-state index is 6.04. The molecule has 0 aliphatic carbocycles. The zero-order valence-corrected chi connectivity index (χ0v) is 10.4. The van der Waals surface area contributed by atoms with E-state index < -0.39 is 0 Å². The van der Waals surface area contributed by atoms with Crippen LogP contribution in [0.2, 0.25) is 5.02 Å². The van der Waals surface area contributed by atoms with Crippen molar-refractivity contribution in [1.29, 1.82) is 0 Å². The Balaban J connectivity index is 2.72. The Morgan fingerprint density at radius 2 is 2.29 bits per heavy atom. The lowest BCUT2D eigenvalue weighted by Crippen LogP contribution is -1.95. The molecule has 76 valence electrons. The molecule has 0 bridgehead atoms. The first kappa shape index (κ1) is 11.8. The first-order valence-corrected chi connectivity index (χ1v) is 5.84. The van der Waals surface area contributed by atoms with Crippen LogP contribution in [0.4, 0.5) is 0 Å². The van der Waals surface area contributed by atoms with E-state index in [1.54, 1.807) is 0 Å². The summed E-state index contributed by atoms with van der Waals surface area (Å²) >= 11 is 12.4. The number of rotatable bonds is 2. The lowest BCUT2D eigenvalue weighted by Gasteiger charge is -2.06. The molecule has 0 radical (unpaired) electrons. The fourth-order valence-corrected chi connectivity index (χ4v) is 2.31. The van der Waals surface area contributed by atoms with Gasteiger partial charge >= 0.3 is 0 Å². The van der Waals surface area contributed by atoms with Crippen LogP contribution in [0, 0.1) is 6.92 Å². The zero-order chi connectivity index (χ0) is 10.6. The van der Waals surface area contributed by atoms with Crippen molar-refractivity contribution in [2.75, 3.05) is 6.61 Å². The smallest absolute Gasteiger partial charge is 0.224 e. The van der Waals surface area contributed by atoms with Gasteiger partial charge in [0.05, 0.1) is 11.6 Å². The standard InChI is InChI=1S/C10H11ClOS2/c1-3-12-10(13)14-9-5-4-7(2)6-8(9)11/h4-6H,3H2,1-2H3. The SMILES string of the molecule is CCOC(=S)Sc1ccc(C)cc1Cl. The Morgan fingerprint density at radius 3 is 2.86 bits per heavy atom. The van der Waals surface area contributed by atoms with Crippen molar-refractivity contribution in [3.05, 3.63) is 28.8 Å². The summed E-state index contributed by atoms with van der Waals surface area (Å²) in [4.78, 5) is 0.940. The first-order valence-electron chi connectivity index (χ1n) is 4.24. The van der Waals surface area contributed by atoms with Gasteiger partial charge in [-0.05, 0) is 55.5 Å². The number of ether oxygens (including phenoxy) is 1. The van der Waals surface area contributed by atoms with Gasteiger partial charge < -0.3 is 4.74 Å². The van der Waals surface area contributed by atoms with E-state index in [1.165, 1.54) is 11.8 Å². The highest BCUT2D eigenvalue weighted by molar-refractivity contribution is 8.22. The molecule has 1 nitrogen and oxygen atoms in total. The van der Waals surface area contributed by atoms with Gasteiger partial charge in [0.1, 0.15) is 0 Å². The van der Waals surface area contributed by atoms with Crippen molar-refractivity contribution in [2.45, 2.75) is 18.7 Å². The molecule has 0 spiro atoms. The number of benzene rings is 1. The Labute approximate surface area is 98.8 Å². The normalized spacial score (nSPS) is 9.93. The molecule has 1 aromatic rings. The Bertz CT molecular complexity index is 339. The van der Waals surface area contributed by atoms with E-state index in [4.69, 9.17) is 28.6 Å². The van der Waals surface area contributed by atoms with Crippen molar-refractivity contribution < 1.29 is 4.74 Å². The van der Waals surface area contributed by atoms with Crippen LogP contribution in [-0.2, 0) is 4.74 Å². The van der Waals surface area contributed by atoms with Crippen LogP contribution < -0.4 is 0 Å². The molecule has 0 aromatic heterocycles. The van der Waals surface area contributed by atoms with E-state index in [-0.39, 0.29) is 0 Å². The van der Waals surface area contributed by atoms with Gasteiger partial charge in [-0.2, -0.15) is 0 Å². The third-order valence-corrected chi connectivity index (χ3v) is 3.20. The maximum Gasteiger partial charge on any atom is 0.224 e. The van der Waals surface area contributed by atoms with Crippen LogP contribution in [0.25, 0.3) is 0 Å². The summed E-state index contributed by atoms with van der Waals surface area (Å²) in [6, 6.07) is 5.87. The molecule has 0 aliphatic rings. The quantitative estimate of drug-likeness (QED) is 0.575. The van der Waals surface area contributed by atoms with Crippen molar-refractivity contribution in [1.82, 2.24) is 0 Å². The maximum absolute atomic E-state index is 6.04. The second-order valence-corrected chi connectivity index (χ2v) is 4.77. The Kier molecular flexibility index (Phi) is 4.72. The highest BCUT2D eigenvalue weighted by atomic mass is 35.5. The molecule has 0 unspecified atom stereocenters. The van der Waals surface area contributed by atoms with Gasteiger partial charge in [-0.3, -0.25) is 0 Å². The summed E-state index contributed by atoms with van der Waals surface area (Å²) in [7, 11) is 0. The van der Waals surface area contributed by atoms with Crippen LogP contribution in [0.3, 0.4) is 0 Å². The molecule has 0 saturated carbocycles. The van der Waals surface area contributed by atoms with E-state index in [9.17, 15) is 0 Å².